The third-order valence-electron chi connectivity index (χ3n) is 4.37. The zero-order chi connectivity index (χ0) is 18.3. The number of carboxylic acid groups (broad SMARTS) is 1. The van der Waals surface area contributed by atoms with Crippen LogP contribution in [-0.2, 0) is 16.0 Å². The van der Waals surface area contributed by atoms with Crippen LogP contribution < -0.4 is 11.1 Å². The average molecular weight is 336 g/mol. The van der Waals surface area contributed by atoms with Gasteiger partial charge in [0.1, 0.15) is 11.3 Å². The quantitative estimate of drug-likeness (QED) is 0.409. The van der Waals surface area contributed by atoms with Gasteiger partial charge >= 0.3 is 5.97 Å². The number of rotatable bonds is 9. The van der Waals surface area contributed by atoms with Crippen LogP contribution in [0.2, 0.25) is 0 Å². The minimum absolute atomic E-state index is 0.0102. The van der Waals surface area contributed by atoms with Crippen molar-refractivity contribution >= 4 is 17.6 Å². The average Bonchev–Trinajstić information content (AvgIpc) is 2.50. The molecule has 1 rings (SSSR count). The summed E-state index contributed by atoms with van der Waals surface area (Å²) in [6.07, 6.45) is 3.67. The molecule has 0 aliphatic rings. The van der Waals surface area contributed by atoms with Gasteiger partial charge in [0.15, 0.2) is 0 Å². The van der Waals surface area contributed by atoms with Crippen molar-refractivity contribution in [3.05, 3.63) is 23.8 Å². The summed E-state index contributed by atoms with van der Waals surface area (Å²) >= 11 is 0. The van der Waals surface area contributed by atoms with Gasteiger partial charge in [-0.25, -0.2) is 0 Å². The molecule has 1 aromatic rings. The van der Waals surface area contributed by atoms with E-state index in [-0.39, 0.29) is 17.6 Å². The zero-order valence-electron chi connectivity index (χ0n) is 14.6. The van der Waals surface area contributed by atoms with E-state index in [1.54, 1.807) is 19.1 Å². The standard InChI is InChI=1S/C18H28N2O4/c1-4-5-6-7-16(22)20-14-11-13(8-9-15(14)21)10-12(2)18(3,19)17(23)24/h8-9,11-12,21H,4-7,10,19H2,1-3H3,(H,20,22)(H,23,24). The zero-order valence-corrected chi connectivity index (χ0v) is 14.6. The van der Waals surface area contributed by atoms with Gasteiger partial charge in [-0.3, -0.25) is 9.59 Å². The first-order valence-corrected chi connectivity index (χ1v) is 8.32. The number of nitrogens with one attached hydrogen (secondary N) is 1. The Hall–Kier alpha value is -2.08. The second kappa shape index (κ2) is 8.68. The van der Waals surface area contributed by atoms with Crippen LogP contribution in [-0.4, -0.2) is 27.6 Å². The van der Waals surface area contributed by atoms with Crippen LogP contribution in [0.4, 0.5) is 5.69 Å². The molecule has 0 radical (unpaired) electrons. The van der Waals surface area contributed by atoms with Gasteiger partial charge in [-0.2, -0.15) is 0 Å². The van der Waals surface area contributed by atoms with Crippen LogP contribution in [0, 0.1) is 5.92 Å². The van der Waals surface area contributed by atoms with E-state index in [1.807, 2.05) is 0 Å². The van der Waals surface area contributed by atoms with Crippen molar-refractivity contribution in [2.45, 2.75) is 58.4 Å². The summed E-state index contributed by atoms with van der Waals surface area (Å²) in [6, 6.07) is 4.87. The molecule has 6 nitrogen and oxygen atoms in total. The van der Waals surface area contributed by atoms with E-state index in [2.05, 4.69) is 12.2 Å². The lowest BCUT2D eigenvalue weighted by molar-refractivity contribution is -0.144. The number of anilines is 1. The summed E-state index contributed by atoms with van der Waals surface area (Å²) in [5, 5.41) is 21.8. The molecular weight excluding hydrogens is 308 g/mol. The van der Waals surface area contributed by atoms with Crippen LogP contribution in [0.3, 0.4) is 0 Å². The van der Waals surface area contributed by atoms with E-state index in [4.69, 9.17) is 5.73 Å². The third-order valence-corrected chi connectivity index (χ3v) is 4.37. The molecule has 1 amide bonds. The van der Waals surface area contributed by atoms with E-state index < -0.39 is 11.5 Å². The van der Waals surface area contributed by atoms with Gasteiger partial charge in [0, 0.05) is 6.42 Å². The van der Waals surface area contributed by atoms with E-state index in [9.17, 15) is 19.8 Å². The smallest absolute Gasteiger partial charge is 0.323 e. The van der Waals surface area contributed by atoms with Crippen molar-refractivity contribution in [2.24, 2.45) is 11.7 Å². The van der Waals surface area contributed by atoms with E-state index in [0.29, 0.717) is 18.5 Å². The van der Waals surface area contributed by atoms with Crippen molar-refractivity contribution in [1.29, 1.82) is 0 Å². The molecule has 0 aliphatic heterocycles. The van der Waals surface area contributed by atoms with Crippen LogP contribution in [0.5, 0.6) is 5.75 Å². The highest BCUT2D eigenvalue weighted by Gasteiger charge is 2.34. The van der Waals surface area contributed by atoms with Gasteiger partial charge in [0.05, 0.1) is 5.69 Å². The number of hydrogen-bond donors (Lipinski definition) is 4. The number of aromatic hydroxyl groups is 1. The molecule has 0 fully saturated rings. The first-order valence-electron chi connectivity index (χ1n) is 8.32. The van der Waals surface area contributed by atoms with Crippen molar-refractivity contribution in [3.8, 4) is 5.75 Å². The van der Waals surface area contributed by atoms with E-state index >= 15 is 0 Å². The van der Waals surface area contributed by atoms with Crippen molar-refractivity contribution in [1.82, 2.24) is 0 Å². The lowest BCUT2D eigenvalue weighted by atomic mass is 9.83. The van der Waals surface area contributed by atoms with Crippen molar-refractivity contribution in [2.75, 3.05) is 5.32 Å². The normalized spacial score (nSPS) is 14.7. The van der Waals surface area contributed by atoms with Gasteiger partial charge in [0.2, 0.25) is 5.91 Å². The van der Waals surface area contributed by atoms with E-state index in [0.717, 1.165) is 24.8 Å². The number of aliphatic carboxylic acids is 1. The summed E-state index contributed by atoms with van der Waals surface area (Å²) in [7, 11) is 0. The maximum Gasteiger partial charge on any atom is 0.323 e. The molecule has 2 atom stereocenters. The Morgan fingerprint density at radius 1 is 1.33 bits per heavy atom. The summed E-state index contributed by atoms with van der Waals surface area (Å²) < 4.78 is 0. The molecule has 0 spiro atoms. The second-order valence-corrected chi connectivity index (χ2v) is 6.55. The summed E-state index contributed by atoms with van der Waals surface area (Å²) in [4.78, 5) is 23.1. The highest BCUT2D eigenvalue weighted by atomic mass is 16.4. The second-order valence-electron chi connectivity index (χ2n) is 6.55. The number of benzene rings is 1. The lowest BCUT2D eigenvalue weighted by Crippen LogP contribution is -2.51. The fraction of sp³-hybridized carbons (Fsp3) is 0.556. The lowest BCUT2D eigenvalue weighted by Gasteiger charge is -2.27. The number of hydrogen-bond acceptors (Lipinski definition) is 4. The Bertz CT molecular complexity index is 584. The molecule has 0 saturated heterocycles. The Morgan fingerprint density at radius 2 is 2.00 bits per heavy atom. The molecule has 0 aliphatic carbocycles. The molecule has 5 N–H and O–H groups in total. The molecule has 2 unspecified atom stereocenters. The molecule has 6 heteroatoms. The predicted octanol–water partition coefficient (Wildman–Crippen LogP) is 2.89. The number of phenols is 1. The van der Waals surface area contributed by atoms with Crippen molar-refractivity contribution in [3.63, 3.8) is 0 Å². The molecule has 0 heterocycles. The minimum Gasteiger partial charge on any atom is -0.506 e. The number of nitrogens with two attached hydrogens (primary N) is 1. The number of carbonyl (C=O) groups excluding carboxylic acids is 1. The minimum atomic E-state index is -1.35. The molecule has 134 valence electrons. The van der Waals surface area contributed by atoms with Gasteiger partial charge in [-0.15, -0.1) is 0 Å². The van der Waals surface area contributed by atoms with Gasteiger partial charge in [0.25, 0.3) is 0 Å². The molecule has 1 aromatic carbocycles. The van der Waals surface area contributed by atoms with Gasteiger partial charge in [-0.05, 0) is 43.4 Å². The first-order chi connectivity index (χ1) is 11.2. The van der Waals surface area contributed by atoms with E-state index in [1.165, 1.54) is 13.0 Å². The molecule has 0 aromatic heterocycles. The first kappa shape index (κ1) is 20.0. The number of unbranched alkanes of at least 4 members (excludes halogenated alkanes) is 2. The summed E-state index contributed by atoms with van der Waals surface area (Å²) in [5.41, 5.74) is 5.65. The number of carboxylic acids is 1. The summed E-state index contributed by atoms with van der Waals surface area (Å²) in [5.74, 6) is -1.52. The SMILES string of the molecule is CCCCCC(=O)Nc1cc(CC(C)C(C)(N)C(=O)O)ccc1O. The highest BCUT2D eigenvalue weighted by Crippen LogP contribution is 2.27. The molecular formula is C18H28N2O4. The molecule has 0 bridgehead atoms. The highest BCUT2D eigenvalue weighted by molar-refractivity contribution is 5.92. The van der Waals surface area contributed by atoms with Gasteiger partial charge < -0.3 is 21.3 Å². The topological polar surface area (TPSA) is 113 Å². The van der Waals surface area contributed by atoms with Crippen molar-refractivity contribution < 1.29 is 19.8 Å². The Morgan fingerprint density at radius 3 is 2.58 bits per heavy atom. The Balaban J connectivity index is 2.79. The van der Waals surface area contributed by atoms with Crippen LogP contribution in [0.1, 0.15) is 52.0 Å². The third kappa shape index (κ3) is 5.53. The fourth-order valence-electron chi connectivity index (χ4n) is 2.33. The van der Waals surface area contributed by atoms with Crippen LogP contribution >= 0.6 is 0 Å². The maximum atomic E-state index is 11.9. The fourth-order valence-corrected chi connectivity index (χ4v) is 2.33. The van der Waals surface area contributed by atoms with Gasteiger partial charge in [-0.1, -0.05) is 32.8 Å². The summed E-state index contributed by atoms with van der Waals surface area (Å²) in [6.45, 7) is 5.32. The Kier molecular flexibility index (Phi) is 7.22. The largest absolute Gasteiger partial charge is 0.506 e. The van der Waals surface area contributed by atoms with Crippen LogP contribution in [0.25, 0.3) is 0 Å². The predicted molar refractivity (Wildman–Crippen MR) is 94.0 cm³/mol. The number of carbonyl (C=O) groups is 2. The molecule has 0 saturated carbocycles. The number of phenolic OH excluding ortho intramolecular Hbond substituents is 1. The molecule has 24 heavy (non-hydrogen) atoms. The Labute approximate surface area is 143 Å². The maximum absolute atomic E-state index is 11.9. The number of amides is 1. The monoisotopic (exact) mass is 336 g/mol. The van der Waals surface area contributed by atoms with Crippen LogP contribution in [0.15, 0.2) is 18.2 Å².